The first-order valence-electron chi connectivity index (χ1n) is 6.97. The highest BCUT2D eigenvalue weighted by molar-refractivity contribution is 9.10. The van der Waals surface area contributed by atoms with Crippen molar-refractivity contribution in [3.05, 3.63) is 57.8 Å². The molecule has 0 aliphatic heterocycles. The van der Waals surface area contributed by atoms with Crippen LogP contribution in [0.25, 0.3) is 0 Å². The van der Waals surface area contributed by atoms with Crippen LogP contribution in [0.15, 0.2) is 41.0 Å². The number of carboxylic acid groups (broad SMARTS) is 1. The number of aromatic nitrogens is 1. The van der Waals surface area contributed by atoms with Crippen LogP contribution in [0, 0.1) is 0 Å². The second-order valence-corrected chi connectivity index (χ2v) is 5.75. The Morgan fingerprint density at radius 1 is 1.27 bits per heavy atom. The zero-order chi connectivity index (χ0) is 16.1. The number of aryl methyl sites for hydroxylation is 1. The average Bonchev–Trinajstić information content (AvgIpc) is 2.89. The molecule has 1 aromatic carbocycles. The third-order valence-electron chi connectivity index (χ3n) is 3.34. The van der Waals surface area contributed by atoms with Crippen LogP contribution in [0.2, 0.25) is 0 Å². The SMILES string of the molecule is CCn1cc(Br)cc1C(=O)NCCc1ccc(C(=O)O)cc1. The van der Waals surface area contributed by atoms with Crippen LogP contribution in [0.5, 0.6) is 0 Å². The Hall–Kier alpha value is -2.08. The van der Waals surface area contributed by atoms with Crippen molar-refractivity contribution in [3.8, 4) is 0 Å². The fraction of sp³-hybridized carbons (Fsp3) is 0.250. The summed E-state index contributed by atoms with van der Waals surface area (Å²) in [7, 11) is 0. The van der Waals surface area contributed by atoms with E-state index in [1.807, 2.05) is 17.7 Å². The molecule has 0 saturated carbocycles. The number of nitrogens with zero attached hydrogens (tertiary/aromatic N) is 1. The quantitative estimate of drug-likeness (QED) is 0.827. The molecule has 6 heteroatoms. The van der Waals surface area contributed by atoms with Gasteiger partial charge in [-0.1, -0.05) is 12.1 Å². The molecule has 0 aliphatic rings. The van der Waals surface area contributed by atoms with Gasteiger partial charge in [0.15, 0.2) is 0 Å². The maximum absolute atomic E-state index is 12.1. The van der Waals surface area contributed by atoms with E-state index in [-0.39, 0.29) is 11.5 Å². The zero-order valence-electron chi connectivity index (χ0n) is 12.2. The lowest BCUT2D eigenvalue weighted by Gasteiger charge is -2.08. The molecule has 0 aliphatic carbocycles. The Kier molecular flexibility index (Phi) is 5.38. The van der Waals surface area contributed by atoms with E-state index >= 15 is 0 Å². The van der Waals surface area contributed by atoms with Crippen molar-refractivity contribution in [2.45, 2.75) is 19.9 Å². The number of nitrogens with one attached hydrogen (secondary N) is 1. The minimum atomic E-state index is -0.939. The third-order valence-corrected chi connectivity index (χ3v) is 3.77. The first-order valence-corrected chi connectivity index (χ1v) is 7.76. The lowest BCUT2D eigenvalue weighted by Crippen LogP contribution is -2.27. The van der Waals surface area contributed by atoms with Crippen molar-refractivity contribution in [3.63, 3.8) is 0 Å². The summed E-state index contributed by atoms with van der Waals surface area (Å²) >= 11 is 3.37. The topological polar surface area (TPSA) is 71.3 Å². The number of benzene rings is 1. The molecule has 0 radical (unpaired) electrons. The number of carbonyl (C=O) groups excluding carboxylic acids is 1. The number of carbonyl (C=O) groups is 2. The Morgan fingerprint density at radius 3 is 2.55 bits per heavy atom. The summed E-state index contributed by atoms with van der Waals surface area (Å²) in [5, 5.41) is 11.7. The number of carboxylic acids is 1. The van der Waals surface area contributed by atoms with Crippen molar-refractivity contribution in [1.29, 1.82) is 0 Å². The maximum Gasteiger partial charge on any atom is 0.335 e. The molecule has 0 saturated heterocycles. The normalized spacial score (nSPS) is 10.5. The Morgan fingerprint density at radius 2 is 1.95 bits per heavy atom. The average molecular weight is 365 g/mol. The summed E-state index contributed by atoms with van der Waals surface area (Å²) in [6.45, 7) is 3.20. The van der Waals surface area contributed by atoms with E-state index in [4.69, 9.17) is 5.11 Å². The highest BCUT2D eigenvalue weighted by Crippen LogP contribution is 2.15. The van der Waals surface area contributed by atoms with Gasteiger partial charge in [0.1, 0.15) is 5.69 Å². The fourth-order valence-electron chi connectivity index (χ4n) is 2.15. The molecular weight excluding hydrogens is 348 g/mol. The van der Waals surface area contributed by atoms with Gasteiger partial charge in [-0.2, -0.15) is 0 Å². The van der Waals surface area contributed by atoms with E-state index in [2.05, 4.69) is 21.2 Å². The number of hydrogen-bond acceptors (Lipinski definition) is 2. The highest BCUT2D eigenvalue weighted by Gasteiger charge is 2.11. The molecule has 1 amide bonds. The molecule has 22 heavy (non-hydrogen) atoms. The molecule has 5 nitrogen and oxygen atoms in total. The third kappa shape index (κ3) is 3.98. The smallest absolute Gasteiger partial charge is 0.335 e. The van der Waals surface area contributed by atoms with Crippen molar-refractivity contribution < 1.29 is 14.7 Å². The summed E-state index contributed by atoms with van der Waals surface area (Å²) in [5.74, 6) is -1.06. The lowest BCUT2D eigenvalue weighted by molar-refractivity contribution is 0.0696. The van der Waals surface area contributed by atoms with Crippen LogP contribution in [-0.4, -0.2) is 28.1 Å². The van der Waals surface area contributed by atoms with Crippen molar-refractivity contribution in [2.24, 2.45) is 0 Å². The number of rotatable bonds is 6. The summed E-state index contributed by atoms with van der Waals surface area (Å²) in [4.78, 5) is 22.9. The van der Waals surface area contributed by atoms with E-state index in [1.54, 1.807) is 30.3 Å². The van der Waals surface area contributed by atoms with Gasteiger partial charge in [0.25, 0.3) is 5.91 Å². The molecule has 2 rings (SSSR count). The predicted octanol–water partition coefficient (Wildman–Crippen LogP) is 2.94. The standard InChI is InChI=1S/C16H17BrN2O3/c1-2-19-10-13(17)9-14(19)15(20)18-8-7-11-3-5-12(6-4-11)16(21)22/h3-6,9-10H,2,7-8H2,1H3,(H,18,20)(H,21,22). The summed E-state index contributed by atoms with van der Waals surface area (Å²) in [6, 6.07) is 8.46. The van der Waals surface area contributed by atoms with Crippen molar-refractivity contribution in [2.75, 3.05) is 6.54 Å². The molecule has 1 aromatic heterocycles. The zero-order valence-corrected chi connectivity index (χ0v) is 13.8. The van der Waals surface area contributed by atoms with Gasteiger partial charge in [0.05, 0.1) is 5.56 Å². The molecule has 1 heterocycles. The maximum atomic E-state index is 12.1. The van der Waals surface area contributed by atoms with E-state index < -0.39 is 5.97 Å². The summed E-state index contributed by atoms with van der Waals surface area (Å²) in [5.41, 5.74) is 1.87. The molecule has 116 valence electrons. The van der Waals surface area contributed by atoms with Crippen LogP contribution in [0.1, 0.15) is 33.3 Å². The summed E-state index contributed by atoms with van der Waals surface area (Å²) in [6.07, 6.45) is 2.53. The molecule has 0 fully saturated rings. The Labute approximate surface area is 137 Å². The minimum Gasteiger partial charge on any atom is -0.478 e. The Bertz CT molecular complexity index is 677. The highest BCUT2D eigenvalue weighted by atomic mass is 79.9. The largest absolute Gasteiger partial charge is 0.478 e. The van der Waals surface area contributed by atoms with Crippen LogP contribution >= 0.6 is 15.9 Å². The minimum absolute atomic E-state index is 0.116. The monoisotopic (exact) mass is 364 g/mol. The van der Waals surface area contributed by atoms with E-state index in [0.29, 0.717) is 18.7 Å². The van der Waals surface area contributed by atoms with Gasteiger partial charge in [-0.25, -0.2) is 4.79 Å². The van der Waals surface area contributed by atoms with Gasteiger partial charge in [-0.3, -0.25) is 4.79 Å². The number of hydrogen-bond donors (Lipinski definition) is 2. The Balaban J connectivity index is 1.90. The van der Waals surface area contributed by atoms with E-state index in [0.717, 1.165) is 16.6 Å². The fourth-order valence-corrected chi connectivity index (χ4v) is 2.62. The van der Waals surface area contributed by atoms with Gasteiger partial charge in [-0.15, -0.1) is 0 Å². The second-order valence-electron chi connectivity index (χ2n) is 4.84. The van der Waals surface area contributed by atoms with Crippen LogP contribution in [-0.2, 0) is 13.0 Å². The van der Waals surface area contributed by atoms with Gasteiger partial charge >= 0.3 is 5.97 Å². The second kappa shape index (κ2) is 7.26. The lowest BCUT2D eigenvalue weighted by atomic mass is 10.1. The van der Waals surface area contributed by atoms with Crippen molar-refractivity contribution in [1.82, 2.24) is 9.88 Å². The van der Waals surface area contributed by atoms with Crippen LogP contribution < -0.4 is 5.32 Å². The molecule has 2 N–H and O–H groups in total. The van der Waals surface area contributed by atoms with Gasteiger partial charge in [0.2, 0.25) is 0 Å². The number of halogens is 1. The van der Waals surface area contributed by atoms with Crippen LogP contribution in [0.4, 0.5) is 0 Å². The number of aromatic carboxylic acids is 1. The summed E-state index contributed by atoms with van der Waals surface area (Å²) < 4.78 is 2.75. The van der Waals surface area contributed by atoms with E-state index in [1.165, 1.54) is 0 Å². The van der Waals surface area contributed by atoms with E-state index in [9.17, 15) is 9.59 Å². The van der Waals surface area contributed by atoms with Gasteiger partial charge < -0.3 is 15.0 Å². The molecular formula is C16H17BrN2O3. The molecule has 0 unspecified atom stereocenters. The molecule has 2 aromatic rings. The molecule has 0 atom stereocenters. The molecule has 0 spiro atoms. The number of amides is 1. The van der Waals surface area contributed by atoms with Crippen LogP contribution in [0.3, 0.4) is 0 Å². The first kappa shape index (κ1) is 16.3. The first-order chi connectivity index (χ1) is 10.5. The molecule has 0 bridgehead atoms. The van der Waals surface area contributed by atoms with Gasteiger partial charge in [0, 0.05) is 23.8 Å². The van der Waals surface area contributed by atoms with Crippen molar-refractivity contribution >= 4 is 27.8 Å². The predicted molar refractivity (Wildman–Crippen MR) is 87.2 cm³/mol. The van der Waals surface area contributed by atoms with Gasteiger partial charge in [-0.05, 0) is 53.0 Å².